The van der Waals surface area contributed by atoms with Crippen LogP contribution in [-0.4, -0.2) is 17.6 Å². The van der Waals surface area contributed by atoms with Gasteiger partial charge in [-0.2, -0.15) is 0 Å². The zero-order chi connectivity index (χ0) is 19.8. The van der Waals surface area contributed by atoms with Gasteiger partial charge < -0.3 is 4.74 Å². The number of thiazole rings is 1. The molecule has 0 bridgehead atoms. The molecule has 3 aromatic rings. The highest BCUT2D eigenvalue weighted by molar-refractivity contribution is 7.10. The SMILES string of the molecule is COC(=O)C1=C(C)N=c2s/c(=C\c3ccc(F)cc3)c(=O)n2[C@@H]1c1cccs1. The Bertz CT molecular complexity index is 1250. The summed E-state index contributed by atoms with van der Waals surface area (Å²) >= 11 is 2.70. The predicted octanol–water partition coefficient (Wildman–Crippen LogP) is 2.61. The molecule has 1 aliphatic heterocycles. The van der Waals surface area contributed by atoms with E-state index in [4.69, 9.17) is 4.74 Å². The first-order chi connectivity index (χ1) is 13.5. The van der Waals surface area contributed by atoms with Crippen molar-refractivity contribution in [3.05, 3.63) is 89.0 Å². The maximum atomic E-state index is 13.2. The second kappa shape index (κ2) is 7.29. The summed E-state index contributed by atoms with van der Waals surface area (Å²) in [5, 5.41) is 1.90. The lowest BCUT2D eigenvalue weighted by molar-refractivity contribution is -0.136. The Morgan fingerprint density at radius 1 is 1.29 bits per heavy atom. The van der Waals surface area contributed by atoms with E-state index in [1.165, 1.54) is 46.5 Å². The number of hydrogen-bond acceptors (Lipinski definition) is 6. The molecular weight excluding hydrogens is 399 g/mol. The van der Waals surface area contributed by atoms with Crippen molar-refractivity contribution >= 4 is 34.7 Å². The molecule has 3 heterocycles. The number of benzene rings is 1. The summed E-state index contributed by atoms with van der Waals surface area (Å²) in [7, 11) is 1.31. The molecule has 1 aliphatic rings. The van der Waals surface area contributed by atoms with Crippen LogP contribution in [-0.2, 0) is 9.53 Å². The summed E-state index contributed by atoms with van der Waals surface area (Å²) in [6, 6.07) is 9.07. The number of ether oxygens (including phenoxy) is 1. The Morgan fingerprint density at radius 2 is 2.04 bits per heavy atom. The quantitative estimate of drug-likeness (QED) is 0.619. The van der Waals surface area contributed by atoms with E-state index in [-0.39, 0.29) is 11.4 Å². The monoisotopic (exact) mass is 414 g/mol. The number of hydrogen-bond donors (Lipinski definition) is 0. The molecule has 4 rings (SSSR count). The smallest absolute Gasteiger partial charge is 0.338 e. The number of thiophene rings is 1. The molecule has 1 aromatic carbocycles. The highest BCUT2D eigenvalue weighted by Crippen LogP contribution is 2.32. The van der Waals surface area contributed by atoms with Crippen molar-refractivity contribution in [1.82, 2.24) is 4.57 Å². The van der Waals surface area contributed by atoms with Crippen molar-refractivity contribution in [3.8, 4) is 0 Å². The number of rotatable bonds is 3. The first-order valence-electron chi connectivity index (χ1n) is 8.39. The van der Waals surface area contributed by atoms with E-state index in [9.17, 15) is 14.0 Å². The number of allylic oxidation sites excluding steroid dienone is 1. The number of esters is 1. The molecule has 1 atom stereocenters. The summed E-state index contributed by atoms with van der Waals surface area (Å²) in [5.41, 5.74) is 1.34. The Morgan fingerprint density at radius 3 is 2.68 bits per heavy atom. The van der Waals surface area contributed by atoms with Gasteiger partial charge in [0.05, 0.1) is 22.9 Å². The second-order valence-corrected chi connectivity index (χ2v) is 8.13. The lowest BCUT2D eigenvalue weighted by Gasteiger charge is -2.22. The van der Waals surface area contributed by atoms with Gasteiger partial charge in [0.1, 0.15) is 11.9 Å². The fourth-order valence-corrected chi connectivity index (χ4v) is 4.99. The number of nitrogens with zero attached hydrogens (tertiary/aromatic N) is 2. The van der Waals surface area contributed by atoms with Gasteiger partial charge in [-0.1, -0.05) is 29.5 Å². The largest absolute Gasteiger partial charge is 0.466 e. The zero-order valence-corrected chi connectivity index (χ0v) is 16.6. The fraction of sp³-hybridized carbons (Fsp3) is 0.150. The molecule has 0 fully saturated rings. The van der Waals surface area contributed by atoms with Crippen LogP contribution in [0.4, 0.5) is 4.39 Å². The predicted molar refractivity (Wildman–Crippen MR) is 107 cm³/mol. The number of fused-ring (bicyclic) bond motifs is 1. The van der Waals surface area contributed by atoms with Crippen LogP contribution in [0.3, 0.4) is 0 Å². The van der Waals surface area contributed by atoms with E-state index >= 15 is 0 Å². The first-order valence-corrected chi connectivity index (χ1v) is 10.1. The lowest BCUT2D eigenvalue weighted by Crippen LogP contribution is -2.39. The van der Waals surface area contributed by atoms with Crippen LogP contribution in [0.25, 0.3) is 6.08 Å². The fourth-order valence-electron chi connectivity index (χ4n) is 3.12. The zero-order valence-electron chi connectivity index (χ0n) is 15.0. The Labute approximate surface area is 167 Å². The van der Waals surface area contributed by atoms with Gasteiger partial charge in [0, 0.05) is 4.88 Å². The third-order valence-corrected chi connectivity index (χ3v) is 6.32. The Balaban J connectivity index is 1.96. The summed E-state index contributed by atoms with van der Waals surface area (Å²) in [4.78, 5) is 31.5. The highest BCUT2D eigenvalue weighted by atomic mass is 32.1. The minimum atomic E-state index is -0.584. The van der Waals surface area contributed by atoms with Gasteiger partial charge in [-0.3, -0.25) is 9.36 Å². The Kier molecular flexibility index (Phi) is 4.82. The molecule has 8 heteroatoms. The molecular formula is C20H15FN2O3S2. The van der Waals surface area contributed by atoms with E-state index < -0.39 is 12.0 Å². The normalized spacial score (nSPS) is 16.7. The average molecular weight is 414 g/mol. The molecule has 5 nitrogen and oxygen atoms in total. The van der Waals surface area contributed by atoms with Crippen LogP contribution < -0.4 is 14.9 Å². The number of carbonyl (C=O) groups excluding carboxylic acids is 1. The maximum Gasteiger partial charge on any atom is 0.338 e. The minimum Gasteiger partial charge on any atom is -0.466 e. The van der Waals surface area contributed by atoms with Crippen LogP contribution in [0.5, 0.6) is 0 Å². The van der Waals surface area contributed by atoms with Gasteiger partial charge in [0.15, 0.2) is 4.80 Å². The molecule has 0 radical (unpaired) electrons. The molecule has 2 aromatic heterocycles. The number of halogens is 1. The van der Waals surface area contributed by atoms with Gasteiger partial charge in [0.2, 0.25) is 0 Å². The second-order valence-electron chi connectivity index (χ2n) is 6.14. The molecule has 0 amide bonds. The molecule has 0 saturated heterocycles. The van der Waals surface area contributed by atoms with E-state index in [0.29, 0.717) is 26.2 Å². The van der Waals surface area contributed by atoms with Crippen molar-refractivity contribution in [3.63, 3.8) is 0 Å². The molecule has 142 valence electrons. The topological polar surface area (TPSA) is 60.7 Å². The van der Waals surface area contributed by atoms with Gasteiger partial charge in [0.25, 0.3) is 5.56 Å². The summed E-state index contributed by atoms with van der Waals surface area (Å²) in [5.74, 6) is -0.845. The third kappa shape index (κ3) is 3.14. The summed E-state index contributed by atoms with van der Waals surface area (Å²) < 4.78 is 20.1. The lowest BCUT2D eigenvalue weighted by atomic mass is 10.0. The average Bonchev–Trinajstić information content (AvgIpc) is 3.31. The van der Waals surface area contributed by atoms with Crippen molar-refractivity contribution in [2.45, 2.75) is 13.0 Å². The summed E-state index contributed by atoms with van der Waals surface area (Å²) in [6.45, 7) is 1.74. The van der Waals surface area contributed by atoms with Crippen LogP contribution in [0, 0.1) is 5.82 Å². The Hall–Kier alpha value is -2.84. The molecule has 0 N–H and O–H groups in total. The van der Waals surface area contributed by atoms with E-state index in [1.54, 1.807) is 25.1 Å². The van der Waals surface area contributed by atoms with E-state index in [2.05, 4.69) is 4.99 Å². The van der Waals surface area contributed by atoms with E-state index in [0.717, 1.165) is 4.88 Å². The maximum absolute atomic E-state index is 13.2. The highest BCUT2D eigenvalue weighted by Gasteiger charge is 2.33. The van der Waals surface area contributed by atoms with Crippen LogP contribution in [0.1, 0.15) is 23.4 Å². The number of methoxy groups -OCH3 is 1. The molecule has 0 saturated carbocycles. The molecule has 0 aliphatic carbocycles. The van der Waals surface area contributed by atoms with Crippen LogP contribution in [0.15, 0.2) is 62.8 Å². The van der Waals surface area contributed by atoms with Gasteiger partial charge in [-0.25, -0.2) is 14.2 Å². The molecule has 28 heavy (non-hydrogen) atoms. The van der Waals surface area contributed by atoms with Crippen molar-refractivity contribution < 1.29 is 13.9 Å². The van der Waals surface area contributed by atoms with Crippen molar-refractivity contribution in [2.75, 3.05) is 7.11 Å². The van der Waals surface area contributed by atoms with E-state index in [1.807, 2.05) is 17.5 Å². The molecule has 0 spiro atoms. The van der Waals surface area contributed by atoms with Gasteiger partial charge in [-0.15, -0.1) is 11.3 Å². The molecule has 0 unspecified atom stereocenters. The van der Waals surface area contributed by atoms with Crippen LogP contribution in [0.2, 0.25) is 0 Å². The summed E-state index contributed by atoms with van der Waals surface area (Å²) in [6.07, 6.45) is 1.70. The standard InChI is InChI=1S/C20H15FN2O3S2/c1-11-16(19(25)26-2)17(14-4-3-9-27-14)23-18(24)15(28-20(23)22-11)10-12-5-7-13(21)8-6-12/h3-10,17H,1-2H3/b15-10-/t17-/m1/s1. The first kappa shape index (κ1) is 18.5. The van der Waals surface area contributed by atoms with Gasteiger partial charge in [-0.05, 0) is 42.1 Å². The van der Waals surface area contributed by atoms with Crippen LogP contribution >= 0.6 is 22.7 Å². The van der Waals surface area contributed by atoms with Crippen molar-refractivity contribution in [2.24, 2.45) is 4.99 Å². The van der Waals surface area contributed by atoms with Gasteiger partial charge >= 0.3 is 5.97 Å². The number of aromatic nitrogens is 1. The number of carbonyl (C=O) groups is 1. The van der Waals surface area contributed by atoms with Crippen molar-refractivity contribution in [1.29, 1.82) is 0 Å². The third-order valence-electron chi connectivity index (χ3n) is 4.41. The minimum absolute atomic E-state index is 0.250.